The van der Waals surface area contributed by atoms with Crippen LogP contribution in [0.4, 0.5) is 5.82 Å². The number of hydrogen-bond acceptors (Lipinski definition) is 5. The number of rotatable bonds is 5. The molecule has 0 aliphatic carbocycles. The summed E-state index contributed by atoms with van der Waals surface area (Å²) < 4.78 is 0. The molecule has 1 unspecified atom stereocenters. The highest BCUT2D eigenvalue weighted by molar-refractivity contribution is 5.84. The zero-order valence-corrected chi connectivity index (χ0v) is 9.29. The van der Waals surface area contributed by atoms with E-state index in [0.717, 1.165) is 0 Å². The monoisotopic (exact) mass is 225 g/mol. The number of carboxylic acid groups (broad SMARTS) is 1. The van der Waals surface area contributed by atoms with Crippen molar-refractivity contribution in [3.8, 4) is 0 Å². The van der Waals surface area contributed by atoms with Crippen molar-refractivity contribution in [2.75, 3.05) is 18.5 Å². The van der Waals surface area contributed by atoms with Crippen LogP contribution in [0.5, 0.6) is 0 Å². The molecule has 0 saturated heterocycles. The summed E-state index contributed by atoms with van der Waals surface area (Å²) in [5, 5.41) is 17.8. The maximum Gasteiger partial charge on any atom is 0.356 e. The SMILES string of the molecule is CC(O)CCN(C)c1cnc(C(=O)O)cn1. The number of anilines is 1. The molecule has 16 heavy (non-hydrogen) atoms. The minimum absolute atomic E-state index is 0.0762. The van der Waals surface area contributed by atoms with Crippen molar-refractivity contribution in [1.82, 2.24) is 9.97 Å². The van der Waals surface area contributed by atoms with Crippen molar-refractivity contribution in [3.05, 3.63) is 18.1 Å². The molecule has 0 aromatic carbocycles. The Morgan fingerprint density at radius 2 is 2.19 bits per heavy atom. The van der Waals surface area contributed by atoms with E-state index in [-0.39, 0.29) is 11.8 Å². The van der Waals surface area contributed by atoms with E-state index in [1.165, 1.54) is 12.4 Å². The average Bonchev–Trinajstić information content (AvgIpc) is 2.26. The minimum atomic E-state index is -1.09. The molecule has 0 saturated carbocycles. The molecular formula is C10H15N3O3. The predicted molar refractivity (Wildman–Crippen MR) is 58.6 cm³/mol. The molecule has 0 radical (unpaired) electrons. The molecular weight excluding hydrogens is 210 g/mol. The molecule has 1 aromatic rings. The molecule has 2 N–H and O–H groups in total. The lowest BCUT2D eigenvalue weighted by atomic mass is 10.3. The number of aromatic nitrogens is 2. The van der Waals surface area contributed by atoms with Crippen molar-refractivity contribution in [2.45, 2.75) is 19.4 Å². The molecule has 0 amide bonds. The van der Waals surface area contributed by atoms with Gasteiger partial charge >= 0.3 is 5.97 Å². The molecule has 0 aliphatic rings. The third-order valence-corrected chi connectivity index (χ3v) is 2.13. The Kier molecular flexibility index (Phi) is 4.19. The van der Waals surface area contributed by atoms with E-state index in [2.05, 4.69) is 9.97 Å². The van der Waals surface area contributed by atoms with Crippen LogP contribution in [0.25, 0.3) is 0 Å². The van der Waals surface area contributed by atoms with Gasteiger partial charge in [0.15, 0.2) is 5.69 Å². The highest BCUT2D eigenvalue weighted by atomic mass is 16.4. The fraction of sp³-hybridized carbons (Fsp3) is 0.500. The topological polar surface area (TPSA) is 86.5 Å². The van der Waals surface area contributed by atoms with E-state index in [9.17, 15) is 4.79 Å². The lowest BCUT2D eigenvalue weighted by Crippen LogP contribution is -2.23. The second kappa shape index (κ2) is 5.41. The summed E-state index contributed by atoms with van der Waals surface area (Å²) in [4.78, 5) is 20.1. The van der Waals surface area contributed by atoms with Gasteiger partial charge in [0, 0.05) is 13.6 Å². The first-order valence-corrected chi connectivity index (χ1v) is 4.95. The van der Waals surface area contributed by atoms with Gasteiger partial charge in [-0.25, -0.2) is 14.8 Å². The van der Waals surface area contributed by atoms with E-state index in [1.54, 1.807) is 6.92 Å². The maximum atomic E-state index is 10.5. The van der Waals surface area contributed by atoms with Crippen LogP contribution < -0.4 is 4.90 Å². The summed E-state index contributed by atoms with van der Waals surface area (Å²) >= 11 is 0. The normalized spacial score (nSPS) is 12.2. The first-order chi connectivity index (χ1) is 7.50. The second-order valence-electron chi connectivity index (χ2n) is 3.62. The Morgan fingerprint density at radius 3 is 2.62 bits per heavy atom. The molecule has 0 aliphatic heterocycles. The van der Waals surface area contributed by atoms with Crippen LogP contribution in [0, 0.1) is 0 Å². The zero-order chi connectivity index (χ0) is 12.1. The molecule has 1 heterocycles. The Morgan fingerprint density at radius 1 is 1.50 bits per heavy atom. The third-order valence-electron chi connectivity index (χ3n) is 2.13. The fourth-order valence-electron chi connectivity index (χ4n) is 1.12. The van der Waals surface area contributed by atoms with Crippen molar-refractivity contribution in [3.63, 3.8) is 0 Å². The number of nitrogens with zero attached hydrogens (tertiary/aromatic N) is 3. The minimum Gasteiger partial charge on any atom is -0.476 e. The fourth-order valence-corrected chi connectivity index (χ4v) is 1.12. The molecule has 0 spiro atoms. The Bertz CT molecular complexity index is 351. The Labute approximate surface area is 93.6 Å². The van der Waals surface area contributed by atoms with Crippen LogP contribution in [-0.2, 0) is 0 Å². The third kappa shape index (κ3) is 3.47. The summed E-state index contributed by atoms with van der Waals surface area (Å²) in [6.45, 7) is 2.35. The van der Waals surface area contributed by atoms with Gasteiger partial charge in [-0.05, 0) is 13.3 Å². The van der Waals surface area contributed by atoms with Gasteiger partial charge in [-0.2, -0.15) is 0 Å². The summed E-state index contributed by atoms with van der Waals surface area (Å²) in [6.07, 6.45) is 2.88. The van der Waals surface area contributed by atoms with Crippen LogP contribution >= 0.6 is 0 Å². The smallest absolute Gasteiger partial charge is 0.356 e. The Hall–Kier alpha value is -1.69. The van der Waals surface area contributed by atoms with Gasteiger partial charge in [-0.15, -0.1) is 0 Å². The van der Waals surface area contributed by atoms with Gasteiger partial charge in [-0.1, -0.05) is 0 Å². The van der Waals surface area contributed by atoms with Gasteiger partial charge < -0.3 is 15.1 Å². The van der Waals surface area contributed by atoms with E-state index in [0.29, 0.717) is 18.8 Å². The lowest BCUT2D eigenvalue weighted by molar-refractivity contribution is 0.0690. The molecule has 1 aromatic heterocycles. The van der Waals surface area contributed by atoms with Crippen molar-refractivity contribution in [1.29, 1.82) is 0 Å². The highest BCUT2D eigenvalue weighted by Crippen LogP contribution is 2.07. The van der Waals surface area contributed by atoms with Gasteiger partial charge in [0.2, 0.25) is 0 Å². The lowest BCUT2D eigenvalue weighted by Gasteiger charge is -2.18. The van der Waals surface area contributed by atoms with Crippen molar-refractivity contribution in [2.24, 2.45) is 0 Å². The van der Waals surface area contributed by atoms with Gasteiger partial charge in [0.1, 0.15) is 5.82 Å². The average molecular weight is 225 g/mol. The highest BCUT2D eigenvalue weighted by Gasteiger charge is 2.08. The number of aliphatic hydroxyl groups is 1. The molecule has 6 heteroatoms. The predicted octanol–water partition coefficient (Wildman–Crippen LogP) is 0.382. The summed E-state index contributed by atoms with van der Waals surface area (Å²) in [5.41, 5.74) is -0.0762. The van der Waals surface area contributed by atoms with E-state index >= 15 is 0 Å². The summed E-state index contributed by atoms with van der Waals surface area (Å²) in [7, 11) is 1.81. The molecule has 1 rings (SSSR count). The number of carbonyl (C=O) groups is 1. The van der Waals surface area contributed by atoms with Crippen LogP contribution in [0.2, 0.25) is 0 Å². The number of hydrogen-bond donors (Lipinski definition) is 2. The van der Waals surface area contributed by atoms with Gasteiger partial charge in [-0.3, -0.25) is 0 Å². The molecule has 0 bridgehead atoms. The Balaban J connectivity index is 2.63. The van der Waals surface area contributed by atoms with E-state index in [4.69, 9.17) is 10.2 Å². The number of aromatic carboxylic acids is 1. The summed E-state index contributed by atoms with van der Waals surface area (Å²) in [6, 6.07) is 0. The van der Waals surface area contributed by atoms with Crippen LogP contribution in [0.1, 0.15) is 23.8 Å². The van der Waals surface area contributed by atoms with E-state index in [1.807, 2.05) is 11.9 Å². The van der Waals surface area contributed by atoms with Crippen LogP contribution in [0.3, 0.4) is 0 Å². The quantitative estimate of drug-likeness (QED) is 0.753. The largest absolute Gasteiger partial charge is 0.476 e. The summed E-state index contributed by atoms with van der Waals surface area (Å²) in [5.74, 6) is -0.503. The van der Waals surface area contributed by atoms with Crippen molar-refractivity contribution >= 4 is 11.8 Å². The molecule has 1 atom stereocenters. The molecule has 0 fully saturated rings. The first-order valence-electron chi connectivity index (χ1n) is 4.95. The van der Waals surface area contributed by atoms with E-state index < -0.39 is 5.97 Å². The van der Waals surface area contributed by atoms with Gasteiger partial charge in [0.25, 0.3) is 0 Å². The standard InChI is InChI=1S/C10H15N3O3/c1-7(14)3-4-13(2)9-6-11-8(5-12-9)10(15)16/h5-7,14H,3-4H2,1-2H3,(H,15,16). The number of carboxylic acids is 1. The van der Waals surface area contributed by atoms with Crippen molar-refractivity contribution < 1.29 is 15.0 Å². The maximum absolute atomic E-state index is 10.5. The zero-order valence-electron chi connectivity index (χ0n) is 9.29. The first kappa shape index (κ1) is 12.4. The van der Waals surface area contributed by atoms with Crippen LogP contribution in [0.15, 0.2) is 12.4 Å². The number of aliphatic hydroxyl groups excluding tert-OH is 1. The van der Waals surface area contributed by atoms with Gasteiger partial charge in [0.05, 0.1) is 18.5 Å². The molecule has 88 valence electrons. The molecule has 6 nitrogen and oxygen atoms in total. The second-order valence-corrected chi connectivity index (χ2v) is 3.62. The van der Waals surface area contributed by atoms with Crippen LogP contribution in [-0.4, -0.2) is 45.8 Å².